The molecule has 1 aliphatic rings. The minimum Gasteiger partial charge on any atom is -0.435 e. The first-order valence-corrected chi connectivity index (χ1v) is 4.63. The van der Waals surface area contributed by atoms with Crippen molar-refractivity contribution < 1.29 is 14.6 Å². The molecule has 0 spiro atoms. The maximum Gasteiger partial charge on any atom is 0.340 e. The van der Waals surface area contributed by atoms with Crippen molar-refractivity contribution in [3.05, 3.63) is 35.4 Å². The lowest BCUT2D eigenvalue weighted by Crippen LogP contribution is -2.09. The summed E-state index contributed by atoms with van der Waals surface area (Å²) in [5.41, 5.74) is 2.39. The number of carbonyl (C=O) groups excluding carboxylic acids is 1. The molecule has 2 N–H and O–H groups in total. The van der Waals surface area contributed by atoms with E-state index in [1.54, 1.807) is 12.1 Å². The predicted octanol–water partition coefficient (Wildman–Crippen LogP) is 1.23. The number of carbonyl (C=O) groups is 1. The summed E-state index contributed by atoms with van der Waals surface area (Å²) in [5, 5.41) is 11.6. The quantitative estimate of drug-likeness (QED) is 0.563. The third-order valence-corrected chi connectivity index (χ3v) is 2.19. The molecule has 0 radical (unpaired) electrons. The smallest absolute Gasteiger partial charge is 0.340 e. The van der Waals surface area contributed by atoms with Crippen LogP contribution in [0.3, 0.4) is 0 Å². The molecule has 1 aromatic carbocycles. The molecule has 1 heterocycles. The fraction of sp³-hybridized carbons (Fsp3) is 0.182. The monoisotopic (exact) mass is 205 g/mol. The topological polar surface area (TPSA) is 58.6 Å². The Morgan fingerprint density at radius 1 is 1.53 bits per heavy atom. The number of ether oxygens (including phenoxy) is 1. The Labute approximate surface area is 87.2 Å². The highest BCUT2D eigenvalue weighted by atomic mass is 16.6. The number of rotatable bonds is 2. The summed E-state index contributed by atoms with van der Waals surface area (Å²) in [5.74, 6) is -0.515. The van der Waals surface area contributed by atoms with Gasteiger partial charge in [-0.2, -0.15) is 0 Å². The van der Waals surface area contributed by atoms with E-state index in [4.69, 9.17) is 5.11 Å². The first kappa shape index (κ1) is 9.73. The molecular weight excluding hydrogens is 194 g/mol. The van der Waals surface area contributed by atoms with Crippen LogP contribution in [0.4, 0.5) is 5.69 Å². The molecule has 0 bridgehead atoms. The van der Waals surface area contributed by atoms with Crippen LogP contribution in [0.5, 0.6) is 0 Å². The fourth-order valence-electron chi connectivity index (χ4n) is 1.49. The second-order valence-corrected chi connectivity index (χ2v) is 3.15. The van der Waals surface area contributed by atoms with Crippen LogP contribution in [0.15, 0.2) is 24.3 Å². The third kappa shape index (κ3) is 1.99. The Hall–Kier alpha value is -1.81. The van der Waals surface area contributed by atoms with Crippen molar-refractivity contribution in [2.45, 2.75) is 0 Å². The van der Waals surface area contributed by atoms with Crippen LogP contribution >= 0.6 is 0 Å². The summed E-state index contributed by atoms with van der Waals surface area (Å²) in [6.07, 6.45) is 3.92. The Morgan fingerprint density at radius 3 is 3.20 bits per heavy atom. The number of aliphatic hydroxyl groups excluding tert-OH is 1. The van der Waals surface area contributed by atoms with E-state index in [-0.39, 0.29) is 0 Å². The van der Waals surface area contributed by atoms with Gasteiger partial charge in [0.05, 0.1) is 5.56 Å². The first-order valence-electron chi connectivity index (χ1n) is 4.63. The van der Waals surface area contributed by atoms with Gasteiger partial charge in [-0.05, 0) is 23.8 Å². The van der Waals surface area contributed by atoms with E-state index in [9.17, 15) is 4.79 Å². The molecule has 1 aromatic rings. The second-order valence-electron chi connectivity index (χ2n) is 3.15. The van der Waals surface area contributed by atoms with Crippen molar-refractivity contribution in [2.24, 2.45) is 0 Å². The van der Waals surface area contributed by atoms with Gasteiger partial charge in [0, 0.05) is 12.2 Å². The maximum atomic E-state index is 11.3. The predicted molar refractivity (Wildman–Crippen MR) is 56.5 cm³/mol. The zero-order chi connectivity index (χ0) is 10.7. The highest BCUT2D eigenvalue weighted by molar-refractivity contribution is 5.91. The van der Waals surface area contributed by atoms with Crippen LogP contribution in [0.1, 0.15) is 15.9 Å². The van der Waals surface area contributed by atoms with Gasteiger partial charge in [-0.3, -0.25) is 0 Å². The van der Waals surface area contributed by atoms with E-state index in [1.165, 1.54) is 0 Å². The molecule has 4 nitrogen and oxygen atoms in total. The lowest BCUT2D eigenvalue weighted by molar-refractivity contribution is 0.00684. The molecule has 0 unspecified atom stereocenters. The van der Waals surface area contributed by atoms with Gasteiger partial charge in [0.1, 0.15) is 0 Å². The molecule has 0 amide bonds. The summed E-state index contributed by atoms with van der Waals surface area (Å²) < 4.78 is 4.49. The van der Waals surface area contributed by atoms with Gasteiger partial charge in [-0.15, -0.1) is 0 Å². The van der Waals surface area contributed by atoms with Gasteiger partial charge in [0.2, 0.25) is 0 Å². The highest BCUT2D eigenvalue weighted by Crippen LogP contribution is 2.22. The van der Waals surface area contributed by atoms with E-state index in [0.717, 1.165) is 17.8 Å². The fourth-order valence-corrected chi connectivity index (χ4v) is 1.49. The van der Waals surface area contributed by atoms with Gasteiger partial charge >= 0.3 is 5.97 Å². The van der Waals surface area contributed by atoms with Gasteiger partial charge in [-0.1, -0.05) is 12.2 Å². The second kappa shape index (κ2) is 4.14. The van der Waals surface area contributed by atoms with Crippen molar-refractivity contribution in [1.82, 2.24) is 0 Å². The number of benzene rings is 1. The molecule has 0 aromatic heterocycles. The number of esters is 1. The molecule has 0 aliphatic carbocycles. The van der Waals surface area contributed by atoms with Crippen molar-refractivity contribution in [3.63, 3.8) is 0 Å². The van der Waals surface area contributed by atoms with Crippen LogP contribution in [-0.4, -0.2) is 24.4 Å². The molecule has 0 atom stereocenters. The molecule has 1 aliphatic heterocycles. The third-order valence-electron chi connectivity index (χ3n) is 2.19. The number of aliphatic hydroxyl groups is 1. The van der Waals surface area contributed by atoms with Crippen LogP contribution < -0.4 is 5.32 Å². The van der Waals surface area contributed by atoms with Gasteiger partial charge in [0.25, 0.3) is 0 Å². The van der Waals surface area contributed by atoms with E-state index in [1.807, 2.05) is 18.2 Å². The molecule has 2 rings (SSSR count). The Bertz CT molecular complexity index is 412. The highest BCUT2D eigenvalue weighted by Gasteiger charge is 2.10. The summed E-state index contributed by atoms with van der Waals surface area (Å²) in [6.45, 7) is 0.206. The maximum absolute atomic E-state index is 11.3. The summed E-state index contributed by atoms with van der Waals surface area (Å²) >= 11 is 0. The summed E-state index contributed by atoms with van der Waals surface area (Å²) in [6, 6.07) is 5.23. The average Bonchev–Trinajstić information content (AvgIpc) is 2.29. The van der Waals surface area contributed by atoms with Crippen LogP contribution in [-0.2, 0) is 4.74 Å². The van der Waals surface area contributed by atoms with E-state index in [0.29, 0.717) is 5.56 Å². The molecule has 0 fully saturated rings. The minimum atomic E-state index is -0.593. The average molecular weight is 205 g/mol. The summed E-state index contributed by atoms with van der Waals surface area (Å²) in [7, 11) is 0. The zero-order valence-electron chi connectivity index (χ0n) is 8.06. The number of hydrogen-bond donors (Lipinski definition) is 2. The molecule has 0 saturated heterocycles. The lowest BCUT2D eigenvalue weighted by atomic mass is 10.1. The number of nitrogens with one attached hydrogen (secondary N) is 1. The Balaban J connectivity index is 2.29. The molecular formula is C11H11NO3. The molecule has 0 saturated carbocycles. The van der Waals surface area contributed by atoms with Crippen molar-refractivity contribution >= 4 is 17.7 Å². The lowest BCUT2D eigenvalue weighted by Gasteiger charge is -2.13. The normalized spacial score (nSPS) is 12.9. The van der Waals surface area contributed by atoms with E-state index in [2.05, 4.69) is 10.1 Å². The van der Waals surface area contributed by atoms with Crippen molar-refractivity contribution in [1.29, 1.82) is 0 Å². The standard InChI is InChI=1S/C11H11NO3/c13-7-15-11(14)9-3-4-10-8(6-9)2-1-5-12-10/h1-4,6,12-13H,5,7H2. The van der Waals surface area contributed by atoms with Gasteiger partial charge in [-0.25, -0.2) is 4.79 Å². The van der Waals surface area contributed by atoms with Crippen molar-refractivity contribution in [3.8, 4) is 0 Å². The van der Waals surface area contributed by atoms with Gasteiger partial charge < -0.3 is 15.2 Å². The molecule has 15 heavy (non-hydrogen) atoms. The number of anilines is 1. The molecule has 78 valence electrons. The first-order chi connectivity index (χ1) is 7.31. The van der Waals surface area contributed by atoms with Crippen LogP contribution in [0, 0.1) is 0 Å². The molecule has 4 heteroatoms. The van der Waals surface area contributed by atoms with Crippen LogP contribution in [0.25, 0.3) is 6.08 Å². The zero-order valence-corrected chi connectivity index (χ0v) is 8.06. The summed E-state index contributed by atoms with van der Waals surface area (Å²) in [4.78, 5) is 11.3. The van der Waals surface area contributed by atoms with Crippen LogP contribution in [0.2, 0.25) is 0 Å². The Kier molecular flexibility index (Phi) is 2.69. The largest absolute Gasteiger partial charge is 0.435 e. The van der Waals surface area contributed by atoms with Gasteiger partial charge in [0.15, 0.2) is 6.79 Å². The Morgan fingerprint density at radius 2 is 2.40 bits per heavy atom. The van der Waals surface area contributed by atoms with E-state index < -0.39 is 12.8 Å². The van der Waals surface area contributed by atoms with E-state index >= 15 is 0 Å². The van der Waals surface area contributed by atoms with Crippen molar-refractivity contribution in [2.75, 3.05) is 18.7 Å². The number of hydrogen-bond acceptors (Lipinski definition) is 4. The number of fused-ring (bicyclic) bond motifs is 1. The minimum absolute atomic E-state index is 0.441. The SMILES string of the molecule is O=C(OCO)c1ccc2c(c1)C=CCN2.